The molecule has 2 aromatic rings. The first-order valence-corrected chi connectivity index (χ1v) is 6.64. The molecule has 1 amide bonds. The highest BCUT2D eigenvalue weighted by atomic mass is 35.5. The monoisotopic (exact) mass is 293 g/mol. The fraction of sp³-hybridized carbons (Fsp3) is 0.308. The highest BCUT2D eigenvalue weighted by Crippen LogP contribution is 2.16. The van der Waals surface area contributed by atoms with E-state index in [4.69, 9.17) is 17.3 Å². The second kappa shape index (κ2) is 6.49. The van der Waals surface area contributed by atoms with Crippen molar-refractivity contribution in [3.05, 3.63) is 46.7 Å². The van der Waals surface area contributed by atoms with Crippen molar-refractivity contribution in [3.63, 3.8) is 0 Å². The van der Waals surface area contributed by atoms with Crippen molar-refractivity contribution in [2.45, 2.75) is 19.5 Å². The molecule has 0 bridgehead atoms. The average Bonchev–Trinajstić information content (AvgIpc) is 2.88. The van der Waals surface area contributed by atoms with E-state index in [1.54, 1.807) is 23.0 Å². The Bertz CT molecular complexity index is 581. The largest absolute Gasteiger partial charge is 0.344 e. The lowest BCUT2D eigenvalue weighted by Gasteiger charge is -2.13. The number of aromatic nitrogens is 3. The van der Waals surface area contributed by atoms with Crippen molar-refractivity contribution in [1.29, 1.82) is 0 Å². The van der Waals surface area contributed by atoms with Gasteiger partial charge in [0, 0.05) is 11.6 Å². The van der Waals surface area contributed by atoms with E-state index in [2.05, 4.69) is 15.6 Å². The van der Waals surface area contributed by atoms with Crippen molar-refractivity contribution in [1.82, 2.24) is 20.3 Å². The third kappa shape index (κ3) is 3.55. The molecule has 3 N–H and O–H groups in total. The molecule has 106 valence electrons. The summed E-state index contributed by atoms with van der Waals surface area (Å²) in [5, 5.41) is 11.2. The predicted molar refractivity (Wildman–Crippen MR) is 76.4 cm³/mol. The second-order valence-corrected chi connectivity index (χ2v) is 4.84. The minimum Gasteiger partial charge on any atom is -0.344 e. The van der Waals surface area contributed by atoms with Gasteiger partial charge in [0.2, 0.25) is 0 Å². The maximum Gasteiger partial charge on any atom is 0.273 e. The van der Waals surface area contributed by atoms with Gasteiger partial charge in [-0.05, 0) is 24.6 Å². The van der Waals surface area contributed by atoms with Crippen LogP contribution >= 0.6 is 11.6 Å². The Hall–Kier alpha value is -1.92. The number of halogens is 1. The highest BCUT2D eigenvalue weighted by molar-refractivity contribution is 6.30. The van der Waals surface area contributed by atoms with Gasteiger partial charge in [-0.3, -0.25) is 9.48 Å². The van der Waals surface area contributed by atoms with E-state index in [0.29, 0.717) is 18.1 Å². The van der Waals surface area contributed by atoms with Gasteiger partial charge in [-0.25, -0.2) is 0 Å². The molecule has 1 heterocycles. The first-order chi connectivity index (χ1) is 9.60. The lowest BCUT2D eigenvalue weighted by molar-refractivity contribution is 0.0934. The zero-order valence-corrected chi connectivity index (χ0v) is 11.8. The molecule has 0 spiro atoms. The Morgan fingerprint density at radius 3 is 2.80 bits per heavy atom. The summed E-state index contributed by atoms with van der Waals surface area (Å²) in [7, 11) is 0. The van der Waals surface area contributed by atoms with Gasteiger partial charge >= 0.3 is 0 Å². The summed E-state index contributed by atoms with van der Waals surface area (Å²) in [5.74, 6) is -0.268. The van der Waals surface area contributed by atoms with Gasteiger partial charge < -0.3 is 11.1 Å². The molecular formula is C13H16ClN5O. The maximum atomic E-state index is 12.0. The van der Waals surface area contributed by atoms with E-state index in [0.717, 1.165) is 5.56 Å². The van der Waals surface area contributed by atoms with Crippen LogP contribution in [0.15, 0.2) is 30.5 Å². The van der Waals surface area contributed by atoms with Crippen molar-refractivity contribution < 1.29 is 4.79 Å². The molecule has 0 aliphatic carbocycles. The van der Waals surface area contributed by atoms with Crippen molar-refractivity contribution in [3.8, 4) is 0 Å². The van der Waals surface area contributed by atoms with Gasteiger partial charge in [-0.2, -0.15) is 0 Å². The van der Waals surface area contributed by atoms with Crippen LogP contribution in [0.5, 0.6) is 0 Å². The summed E-state index contributed by atoms with van der Waals surface area (Å²) in [6, 6.07) is 7.19. The molecule has 1 aromatic carbocycles. The minimum atomic E-state index is -0.268. The van der Waals surface area contributed by atoms with Crippen molar-refractivity contribution in [2.24, 2.45) is 5.73 Å². The third-order valence-electron chi connectivity index (χ3n) is 2.85. The highest BCUT2D eigenvalue weighted by Gasteiger charge is 2.14. The van der Waals surface area contributed by atoms with Crippen LogP contribution in [0.2, 0.25) is 5.02 Å². The molecule has 0 aliphatic heterocycles. The number of carbonyl (C=O) groups excluding carboxylic acids is 1. The summed E-state index contributed by atoms with van der Waals surface area (Å²) in [6.07, 6.45) is 1.58. The molecule has 20 heavy (non-hydrogen) atoms. The molecule has 1 unspecified atom stereocenters. The van der Waals surface area contributed by atoms with Crippen LogP contribution in [0.3, 0.4) is 0 Å². The second-order valence-electron chi connectivity index (χ2n) is 4.40. The maximum absolute atomic E-state index is 12.0. The van der Waals surface area contributed by atoms with E-state index in [-0.39, 0.29) is 17.6 Å². The first kappa shape index (κ1) is 14.5. The molecular weight excluding hydrogens is 278 g/mol. The van der Waals surface area contributed by atoms with Crippen LogP contribution in [0.25, 0.3) is 0 Å². The van der Waals surface area contributed by atoms with Crippen LogP contribution in [-0.4, -0.2) is 27.4 Å². The van der Waals surface area contributed by atoms with Crippen molar-refractivity contribution >= 4 is 17.5 Å². The number of nitrogens with one attached hydrogen (secondary N) is 1. The molecule has 2 rings (SSSR count). The smallest absolute Gasteiger partial charge is 0.273 e. The van der Waals surface area contributed by atoms with E-state index < -0.39 is 0 Å². The Kier molecular flexibility index (Phi) is 4.70. The molecule has 7 heteroatoms. The summed E-state index contributed by atoms with van der Waals surface area (Å²) >= 11 is 5.83. The number of hydrogen-bond acceptors (Lipinski definition) is 4. The topological polar surface area (TPSA) is 85.8 Å². The van der Waals surface area contributed by atoms with Gasteiger partial charge in [-0.1, -0.05) is 28.9 Å². The predicted octanol–water partition coefficient (Wildman–Crippen LogP) is 1.38. The zero-order chi connectivity index (χ0) is 14.5. The number of nitrogens with two attached hydrogens (primary N) is 1. The fourth-order valence-electron chi connectivity index (χ4n) is 1.75. The normalized spacial score (nSPS) is 12.2. The Labute approximate surface area is 121 Å². The molecule has 6 nitrogen and oxygen atoms in total. The fourth-order valence-corrected chi connectivity index (χ4v) is 1.88. The van der Waals surface area contributed by atoms with E-state index in [1.807, 2.05) is 19.1 Å². The van der Waals surface area contributed by atoms with Crippen LogP contribution in [0.4, 0.5) is 0 Å². The molecule has 0 aliphatic rings. The van der Waals surface area contributed by atoms with Gasteiger partial charge in [0.25, 0.3) is 5.91 Å². The van der Waals surface area contributed by atoms with E-state index in [9.17, 15) is 4.79 Å². The van der Waals surface area contributed by atoms with Gasteiger partial charge in [-0.15, -0.1) is 5.10 Å². The zero-order valence-electron chi connectivity index (χ0n) is 11.1. The summed E-state index contributed by atoms with van der Waals surface area (Å²) in [4.78, 5) is 12.0. The van der Waals surface area contributed by atoms with Gasteiger partial charge in [0.1, 0.15) is 0 Å². The summed E-state index contributed by atoms with van der Waals surface area (Å²) in [5.41, 5.74) is 6.66. The van der Waals surface area contributed by atoms with E-state index in [1.165, 1.54) is 0 Å². The summed E-state index contributed by atoms with van der Waals surface area (Å²) < 4.78 is 1.54. The molecule has 0 saturated carbocycles. The van der Waals surface area contributed by atoms with Crippen LogP contribution in [0.1, 0.15) is 29.0 Å². The number of benzene rings is 1. The minimum absolute atomic E-state index is 0.139. The molecule has 0 fully saturated rings. The van der Waals surface area contributed by atoms with Crippen LogP contribution in [0, 0.1) is 0 Å². The SMILES string of the molecule is CC(NC(=O)c1cn(CCN)nn1)c1ccc(Cl)cc1. The van der Waals surface area contributed by atoms with Gasteiger partial charge in [0.05, 0.1) is 18.8 Å². The van der Waals surface area contributed by atoms with E-state index >= 15 is 0 Å². The third-order valence-corrected chi connectivity index (χ3v) is 3.10. The lowest BCUT2D eigenvalue weighted by Crippen LogP contribution is -2.27. The standard InChI is InChI=1S/C13H16ClN5O/c1-9(10-2-4-11(14)5-3-10)16-13(20)12-8-19(7-6-15)18-17-12/h2-5,8-9H,6-7,15H2,1H3,(H,16,20). The number of rotatable bonds is 5. The number of hydrogen-bond donors (Lipinski definition) is 2. The molecule has 0 saturated heterocycles. The number of amides is 1. The Balaban J connectivity index is 2.01. The Morgan fingerprint density at radius 1 is 1.45 bits per heavy atom. The van der Waals surface area contributed by atoms with Crippen LogP contribution < -0.4 is 11.1 Å². The summed E-state index contributed by atoms with van der Waals surface area (Å²) in [6.45, 7) is 2.88. The van der Waals surface area contributed by atoms with Crippen LogP contribution in [-0.2, 0) is 6.54 Å². The molecule has 1 aromatic heterocycles. The van der Waals surface area contributed by atoms with Crippen molar-refractivity contribution in [2.75, 3.05) is 6.54 Å². The molecule has 0 radical (unpaired) electrons. The lowest BCUT2D eigenvalue weighted by atomic mass is 10.1. The number of nitrogens with zero attached hydrogens (tertiary/aromatic N) is 3. The Morgan fingerprint density at radius 2 is 2.15 bits per heavy atom. The quantitative estimate of drug-likeness (QED) is 0.872. The molecule has 1 atom stereocenters. The number of carbonyl (C=O) groups is 1. The van der Waals surface area contributed by atoms with Gasteiger partial charge in [0.15, 0.2) is 5.69 Å². The average molecular weight is 294 g/mol. The first-order valence-electron chi connectivity index (χ1n) is 6.26.